The third-order valence-corrected chi connectivity index (χ3v) is 4.17. The van der Waals surface area contributed by atoms with Gasteiger partial charge >= 0.3 is 0 Å². The maximum Gasteiger partial charge on any atom is 0.273 e. The minimum atomic E-state index is -0.142. The SMILES string of the molecule is CC(C)N1C[C@H](NC(=O)c2cc(C(C)(C)C)on2)[C@@H](C)C1. The van der Waals surface area contributed by atoms with E-state index < -0.39 is 0 Å². The van der Waals surface area contributed by atoms with Gasteiger partial charge in [0.25, 0.3) is 5.91 Å². The quantitative estimate of drug-likeness (QED) is 0.930. The molecule has 1 aromatic rings. The molecule has 0 radical (unpaired) electrons. The van der Waals surface area contributed by atoms with Crippen LogP contribution in [0.5, 0.6) is 0 Å². The number of nitrogens with one attached hydrogen (secondary N) is 1. The van der Waals surface area contributed by atoms with Crippen LogP contribution in [0.15, 0.2) is 10.6 Å². The van der Waals surface area contributed by atoms with Gasteiger partial charge in [-0.2, -0.15) is 0 Å². The second kappa shape index (κ2) is 5.79. The highest BCUT2D eigenvalue weighted by Crippen LogP contribution is 2.23. The van der Waals surface area contributed by atoms with Crippen molar-refractivity contribution in [3.8, 4) is 0 Å². The van der Waals surface area contributed by atoms with E-state index in [1.54, 1.807) is 6.07 Å². The molecule has 0 spiro atoms. The Bertz CT molecular complexity index is 502. The summed E-state index contributed by atoms with van der Waals surface area (Å²) in [4.78, 5) is 14.7. The first-order chi connectivity index (χ1) is 9.68. The first kappa shape index (κ1) is 16.0. The Morgan fingerprint density at radius 2 is 2.10 bits per heavy atom. The van der Waals surface area contributed by atoms with Crippen LogP contribution >= 0.6 is 0 Å². The van der Waals surface area contributed by atoms with Gasteiger partial charge in [0.1, 0.15) is 5.76 Å². The third-order valence-electron chi connectivity index (χ3n) is 4.17. The molecule has 1 N–H and O–H groups in total. The molecule has 2 rings (SSSR count). The molecule has 5 heteroatoms. The zero-order valence-electron chi connectivity index (χ0n) is 13.9. The topological polar surface area (TPSA) is 58.4 Å². The summed E-state index contributed by atoms with van der Waals surface area (Å²) in [6.45, 7) is 14.6. The fraction of sp³-hybridized carbons (Fsp3) is 0.750. The monoisotopic (exact) mass is 293 g/mol. The lowest BCUT2D eigenvalue weighted by Crippen LogP contribution is -2.40. The van der Waals surface area contributed by atoms with Gasteiger partial charge in [-0.3, -0.25) is 9.69 Å². The lowest BCUT2D eigenvalue weighted by atomic mass is 9.93. The first-order valence-electron chi connectivity index (χ1n) is 7.70. The van der Waals surface area contributed by atoms with Gasteiger partial charge in [0.05, 0.1) is 0 Å². The standard InChI is InChI=1S/C16H27N3O2/c1-10(2)19-8-11(3)13(9-19)17-15(20)12-7-14(21-18-12)16(4,5)6/h7,10-11,13H,8-9H2,1-6H3,(H,17,20)/t11-,13-/m0/s1. The molecule has 0 unspecified atom stereocenters. The van der Waals surface area contributed by atoms with Crippen molar-refractivity contribution in [2.75, 3.05) is 13.1 Å². The summed E-state index contributed by atoms with van der Waals surface area (Å²) in [5, 5.41) is 6.99. The highest BCUT2D eigenvalue weighted by molar-refractivity contribution is 5.92. The van der Waals surface area contributed by atoms with Gasteiger partial charge in [0.2, 0.25) is 0 Å². The zero-order valence-corrected chi connectivity index (χ0v) is 13.9. The Labute approximate surface area is 127 Å². The molecule has 2 atom stereocenters. The van der Waals surface area contributed by atoms with Gasteiger partial charge in [0, 0.05) is 36.7 Å². The van der Waals surface area contributed by atoms with Crippen LogP contribution in [-0.2, 0) is 5.41 Å². The second-order valence-electron chi connectivity index (χ2n) is 7.43. The molecule has 118 valence electrons. The van der Waals surface area contributed by atoms with E-state index in [-0.39, 0.29) is 17.4 Å². The number of nitrogens with zero attached hydrogens (tertiary/aromatic N) is 2. The van der Waals surface area contributed by atoms with Crippen molar-refractivity contribution in [3.05, 3.63) is 17.5 Å². The average molecular weight is 293 g/mol. The van der Waals surface area contributed by atoms with Crippen LogP contribution in [0.1, 0.15) is 57.8 Å². The van der Waals surface area contributed by atoms with E-state index in [1.165, 1.54) is 0 Å². The Morgan fingerprint density at radius 1 is 1.43 bits per heavy atom. The zero-order chi connectivity index (χ0) is 15.8. The van der Waals surface area contributed by atoms with Crippen LogP contribution < -0.4 is 5.32 Å². The Balaban J connectivity index is 2.00. The molecule has 1 aromatic heterocycles. The smallest absolute Gasteiger partial charge is 0.273 e. The largest absolute Gasteiger partial charge is 0.360 e. The van der Waals surface area contributed by atoms with E-state index in [2.05, 4.69) is 36.1 Å². The lowest BCUT2D eigenvalue weighted by molar-refractivity contribution is 0.0921. The summed E-state index contributed by atoms with van der Waals surface area (Å²) in [6.07, 6.45) is 0. The van der Waals surface area contributed by atoms with E-state index in [0.29, 0.717) is 17.7 Å². The van der Waals surface area contributed by atoms with E-state index >= 15 is 0 Å². The predicted molar refractivity (Wildman–Crippen MR) is 82.3 cm³/mol. The van der Waals surface area contributed by atoms with Crippen LogP contribution in [0.25, 0.3) is 0 Å². The summed E-state index contributed by atoms with van der Waals surface area (Å²) < 4.78 is 5.28. The van der Waals surface area contributed by atoms with Crippen molar-refractivity contribution >= 4 is 5.91 Å². The van der Waals surface area contributed by atoms with Crippen molar-refractivity contribution in [3.63, 3.8) is 0 Å². The summed E-state index contributed by atoms with van der Waals surface area (Å²) in [5.41, 5.74) is 0.232. The minimum Gasteiger partial charge on any atom is -0.360 e. The number of hydrogen-bond donors (Lipinski definition) is 1. The number of hydrogen-bond acceptors (Lipinski definition) is 4. The molecule has 1 saturated heterocycles. The molecule has 2 heterocycles. The molecule has 1 amide bonds. The number of carbonyl (C=O) groups is 1. The van der Waals surface area contributed by atoms with Gasteiger partial charge in [-0.05, 0) is 19.8 Å². The maximum atomic E-state index is 12.3. The molecular weight excluding hydrogens is 266 g/mol. The van der Waals surface area contributed by atoms with Crippen LogP contribution in [0.2, 0.25) is 0 Å². The van der Waals surface area contributed by atoms with E-state index in [1.807, 2.05) is 20.8 Å². The number of amides is 1. The minimum absolute atomic E-state index is 0.138. The van der Waals surface area contributed by atoms with Crippen molar-refractivity contribution in [2.24, 2.45) is 5.92 Å². The van der Waals surface area contributed by atoms with E-state index in [9.17, 15) is 4.79 Å². The van der Waals surface area contributed by atoms with E-state index in [0.717, 1.165) is 18.8 Å². The molecule has 0 aliphatic carbocycles. The molecule has 0 bridgehead atoms. The fourth-order valence-electron chi connectivity index (χ4n) is 2.59. The van der Waals surface area contributed by atoms with Crippen molar-refractivity contribution < 1.29 is 9.32 Å². The lowest BCUT2D eigenvalue weighted by Gasteiger charge is -2.20. The number of aromatic nitrogens is 1. The maximum absolute atomic E-state index is 12.3. The molecule has 1 fully saturated rings. The Kier molecular flexibility index (Phi) is 4.42. The van der Waals surface area contributed by atoms with Crippen molar-refractivity contribution in [2.45, 2.75) is 59.0 Å². The highest BCUT2D eigenvalue weighted by Gasteiger charge is 2.32. The first-order valence-corrected chi connectivity index (χ1v) is 7.70. The fourth-order valence-corrected chi connectivity index (χ4v) is 2.59. The third kappa shape index (κ3) is 3.64. The van der Waals surface area contributed by atoms with Crippen LogP contribution in [0.3, 0.4) is 0 Å². The summed E-state index contributed by atoms with van der Waals surface area (Å²) in [5.74, 6) is 1.04. The summed E-state index contributed by atoms with van der Waals surface area (Å²) in [6, 6.07) is 2.43. The molecule has 21 heavy (non-hydrogen) atoms. The Hall–Kier alpha value is -1.36. The molecule has 1 aliphatic heterocycles. The Morgan fingerprint density at radius 3 is 2.57 bits per heavy atom. The van der Waals surface area contributed by atoms with Crippen LogP contribution in [0, 0.1) is 5.92 Å². The van der Waals surface area contributed by atoms with Gasteiger partial charge in [-0.1, -0.05) is 32.9 Å². The number of likely N-dealkylation sites (tertiary alicyclic amines) is 1. The van der Waals surface area contributed by atoms with Crippen LogP contribution in [0.4, 0.5) is 0 Å². The molecule has 1 aliphatic rings. The van der Waals surface area contributed by atoms with Gasteiger partial charge in [-0.15, -0.1) is 0 Å². The van der Waals surface area contributed by atoms with Crippen molar-refractivity contribution in [1.29, 1.82) is 0 Å². The van der Waals surface area contributed by atoms with Gasteiger partial charge in [-0.25, -0.2) is 0 Å². The molecule has 5 nitrogen and oxygen atoms in total. The normalized spacial score (nSPS) is 23.8. The number of carbonyl (C=O) groups excluding carboxylic acids is 1. The molecular formula is C16H27N3O2. The number of rotatable bonds is 3. The molecule has 0 aromatic carbocycles. The van der Waals surface area contributed by atoms with E-state index in [4.69, 9.17) is 4.52 Å². The van der Waals surface area contributed by atoms with Gasteiger partial charge < -0.3 is 9.84 Å². The predicted octanol–water partition coefficient (Wildman–Crippen LogP) is 2.43. The molecule has 0 saturated carbocycles. The average Bonchev–Trinajstić information content (AvgIpc) is 2.96. The highest BCUT2D eigenvalue weighted by atomic mass is 16.5. The van der Waals surface area contributed by atoms with Gasteiger partial charge in [0.15, 0.2) is 5.69 Å². The summed E-state index contributed by atoms with van der Waals surface area (Å²) in [7, 11) is 0. The second-order valence-corrected chi connectivity index (χ2v) is 7.43. The summed E-state index contributed by atoms with van der Waals surface area (Å²) >= 11 is 0. The van der Waals surface area contributed by atoms with Crippen molar-refractivity contribution in [1.82, 2.24) is 15.4 Å². The van der Waals surface area contributed by atoms with Crippen LogP contribution in [-0.4, -0.2) is 41.1 Å².